The molecule has 0 unspecified atom stereocenters. The molecule has 1 fully saturated rings. The summed E-state index contributed by atoms with van der Waals surface area (Å²) in [6, 6.07) is 5.66. The third-order valence-electron chi connectivity index (χ3n) is 3.29. The molecule has 0 atom stereocenters. The third-order valence-corrected chi connectivity index (χ3v) is 3.94. The number of hydrogen-bond acceptors (Lipinski definition) is 3. The van der Waals surface area contributed by atoms with Crippen LogP contribution in [0.4, 0.5) is 5.69 Å². The Morgan fingerprint density at radius 2 is 2.00 bits per heavy atom. The Morgan fingerprint density at radius 1 is 1.33 bits per heavy atom. The Morgan fingerprint density at radius 3 is 2.56 bits per heavy atom. The van der Waals surface area contributed by atoms with E-state index in [9.17, 15) is 9.90 Å². The normalized spacial score (nSPS) is 16.9. The van der Waals surface area contributed by atoms with Crippen molar-refractivity contribution < 1.29 is 9.90 Å². The van der Waals surface area contributed by atoms with Gasteiger partial charge in [0.15, 0.2) is 0 Å². The highest BCUT2D eigenvalue weighted by molar-refractivity contribution is 9.08. The number of nitrogens with zero attached hydrogens (tertiary/aromatic N) is 2. The van der Waals surface area contributed by atoms with Crippen LogP contribution in [0, 0.1) is 0 Å². The summed E-state index contributed by atoms with van der Waals surface area (Å²) < 4.78 is 0. The summed E-state index contributed by atoms with van der Waals surface area (Å²) in [7, 11) is 2.09. The van der Waals surface area contributed by atoms with Crippen molar-refractivity contribution in [2.45, 2.75) is 5.33 Å². The number of carboxylic acid groups (broad SMARTS) is 1. The monoisotopic (exact) mass is 312 g/mol. The van der Waals surface area contributed by atoms with Crippen LogP contribution in [0.5, 0.6) is 0 Å². The molecule has 1 aromatic rings. The van der Waals surface area contributed by atoms with E-state index < -0.39 is 5.97 Å². The van der Waals surface area contributed by atoms with Gasteiger partial charge in [-0.15, -0.1) is 0 Å². The maximum absolute atomic E-state index is 11.3. The van der Waals surface area contributed by atoms with Crippen molar-refractivity contribution in [3.63, 3.8) is 0 Å². The van der Waals surface area contributed by atoms with Crippen molar-refractivity contribution in [3.05, 3.63) is 29.3 Å². The Labute approximate surface area is 115 Å². The largest absolute Gasteiger partial charge is 0.478 e. The minimum absolute atomic E-state index is 0.400. The fourth-order valence-electron chi connectivity index (χ4n) is 2.16. The molecule has 0 amide bonds. The fourth-order valence-corrected chi connectivity index (χ4v) is 2.51. The van der Waals surface area contributed by atoms with Crippen LogP contribution in [-0.2, 0) is 5.33 Å². The summed E-state index contributed by atoms with van der Waals surface area (Å²) in [6.07, 6.45) is 0. The Hall–Kier alpha value is -1.07. The van der Waals surface area contributed by atoms with Gasteiger partial charge in [0, 0.05) is 31.5 Å². The van der Waals surface area contributed by atoms with Crippen molar-refractivity contribution >= 4 is 27.6 Å². The molecule has 0 bridgehead atoms. The van der Waals surface area contributed by atoms with Crippen molar-refractivity contribution in [2.24, 2.45) is 0 Å². The molecule has 1 aliphatic rings. The van der Waals surface area contributed by atoms with E-state index in [4.69, 9.17) is 0 Å². The van der Waals surface area contributed by atoms with E-state index in [1.807, 2.05) is 12.1 Å². The first-order valence-corrected chi connectivity index (χ1v) is 7.09. The standard InChI is InChI=1S/C13H17BrN2O2/c1-15-4-6-16(7-5-15)12-3-2-10(9-14)8-11(12)13(17)18/h2-3,8H,4-7,9H2,1H3,(H,17,18). The summed E-state index contributed by atoms with van der Waals surface area (Å²) in [4.78, 5) is 15.8. The van der Waals surface area contributed by atoms with Crippen molar-refractivity contribution in [1.29, 1.82) is 0 Å². The first-order chi connectivity index (χ1) is 8.61. The van der Waals surface area contributed by atoms with Gasteiger partial charge in [-0.25, -0.2) is 4.79 Å². The van der Waals surface area contributed by atoms with Crippen molar-refractivity contribution in [3.8, 4) is 0 Å². The van der Waals surface area contributed by atoms with Crippen molar-refractivity contribution in [2.75, 3.05) is 38.1 Å². The lowest BCUT2D eigenvalue weighted by molar-refractivity contribution is 0.0697. The second-order valence-corrected chi connectivity index (χ2v) is 5.14. The van der Waals surface area contributed by atoms with Crippen LogP contribution in [0.25, 0.3) is 0 Å². The topological polar surface area (TPSA) is 43.8 Å². The van der Waals surface area contributed by atoms with E-state index in [-0.39, 0.29) is 0 Å². The molecule has 2 rings (SSSR count). The van der Waals surface area contributed by atoms with Gasteiger partial charge in [0.25, 0.3) is 0 Å². The van der Waals surface area contributed by atoms with Gasteiger partial charge in [0.1, 0.15) is 0 Å². The first-order valence-electron chi connectivity index (χ1n) is 5.97. The molecule has 1 saturated heterocycles. The molecule has 1 N–H and O–H groups in total. The molecular formula is C13H17BrN2O2. The highest BCUT2D eigenvalue weighted by atomic mass is 79.9. The second kappa shape index (κ2) is 5.71. The number of aromatic carboxylic acids is 1. The molecule has 0 saturated carbocycles. The number of halogens is 1. The summed E-state index contributed by atoms with van der Waals surface area (Å²) in [6.45, 7) is 3.70. The van der Waals surface area contributed by atoms with Crippen LogP contribution in [0.1, 0.15) is 15.9 Å². The smallest absolute Gasteiger partial charge is 0.337 e. The zero-order valence-corrected chi connectivity index (χ0v) is 12.0. The molecule has 1 aliphatic heterocycles. The average molecular weight is 313 g/mol. The van der Waals surface area contributed by atoms with E-state index in [0.717, 1.165) is 37.4 Å². The summed E-state index contributed by atoms with van der Waals surface area (Å²) >= 11 is 3.36. The number of hydrogen-bond donors (Lipinski definition) is 1. The number of carboxylic acids is 1. The van der Waals surface area contributed by atoms with Gasteiger partial charge in [-0.2, -0.15) is 0 Å². The van der Waals surface area contributed by atoms with Crippen molar-refractivity contribution in [1.82, 2.24) is 4.90 Å². The molecule has 5 heteroatoms. The minimum atomic E-state index is -0.855. The number of anilines is 1. The molecule has 98 valence electrons. The molecule has 0 aliphatic carbocycles. The number of alkyl halides is 1. The van der Waals surface area contributed by atoms with E-state index in [1.54, 1.807) is 6.07 Å². The van der Waals surface area contributed by atoms with Gasteiger partial charge >= 0.3 is 5.97 Å². The lowest BCUT2D eigenvalue weighted by atomic mass is 10.1. The molecule has 1 heterocycles. The van der Waals surface area contributed by atoms with Crippen LogP contribution < -0.4 is 4.90 Å². The predicted octanol–water partition coefficient (Wildman–Crippen LogP) is 2.03. The molecule has 1 aromatic carbocycles. The number of rotatable bonds is 3. The van der Waals surface area contributed by atoms with E-state index >= 15 is 0 Å². The summed E-state index contributed by atoms with van der Waals surface area (Å²) in [5.74, 6) is -0.855. The van der Waals surface area contributed by atoms with Crippen LogP contribution in [0.2, 0.25) is 0 Å². The first kappa shape index (κ1) is 13.4. The van der Waals surface area contributed by atoms with E-state index in [1.165, 1.54) is 0 Å². The Kier molecular flexibility index (Phi) is 4.24. The van der Waals surface area contributed by atoms with Gasteiger partial charge in [0.2, 0.25) is 0 Å². The molecule has 0 aromatic heterocycles. The van der Waals surface area contributed by atoms with Gasteiger partial charge in [0.05, 0.1) is 11.3 Å². The van der Waals surface area contributed by atoms with E-state index in [0.29, 0.717) is 10.9 Å². The molecular weight excluding hydrogens is 296 g/mol. The summed E-state index contributed by atoms with van der Waals surface area (Å²) in [5, 5.41) is 9.99. The van der Waals surface area contributed by atoms with Crippen LogP contribution in [-0.4, -0.2) is 49.2 Å². The van der Waals surface area contributed by atoms with Gasteiger partial charge in [-0.1, -0.05) is 22.0 Å². The molecule has 18 heavy (non-hydrogen) atoms. The predicted molar refractivity (Wildman–Crippen MR) is 75.7 cm³/mol. The summed E-state index contributed by atoms with van der Waals surface area (Å²) in [5.41, 5.74) is 2.22. The number of carbonyl (C=O) groups is 1. The van der Waals surface area contributed by atoms with Gasteiger partial charge in [-0.05, 0) is 24.7 Å². The molecule has 0 radical (unpaired) electrons. The van der Waals surface area contributed by atoms with E-state index in [2.05, 4.69) is 32.8 Å². The average Bonchev–Trinajstić information content (AvgIpc) is 2.39. The molecule has 4 nitrogen and oxygen atoms in total. The molecule has 0 spiro atoms. The second-order valence-electron chi connectivity index (χ2n) is 4.58. The van der Waals surface area contributed by atoms with Crippen LogP contribution >= 0.6 is 15.9 Å². The number of benzene rings is 1. The lowest BCUT2D eigenvalue weighted by Gasteiger charge is -2.34. The number of likely N-dealkylation sites (N-methyl/N-ethyl adjacent to an activating group) is 1. The van der Waals surface area contributed by atoms with Crippen LogP contribution in [0.3, 0.4) is 0 Å². The Balaban J connectivity index is 2.29. The lowest BCUT2D eigenvalue weighted by Crippen LogP contribution is -2.45. The highest BCUT2D eigenvalue weighted by Crippen LogP contribution is 2.24. The zero-order valence-electron chi connectivity index (χ0n) is 10.4. The zero-order chi connectivity index (χ0) is 13.1. The SMILES string of the molecule is CN1CCN(c2ccc(CBr)cc2C(=O)O)CC1. The van der Waals surface area contributed by atoms with Crippen LogP contribution in [0.15, 0.2) is 18.2 Å². The maximum atomic E-state index is 11.3. The quantitative estimate of drug-likeness (QED) is 0.867. The highest BCUT2D eigenvalue weighted by Gasteiger charge is 2.20. The third kappa shape index (κ3) is 2.84. The maximum Gasteiger partial charge on any atom is 0.337 e. The van der Waals surface area contributed by atoms with Gasteiger partial charge in [-0.3, -0.25) is 0 Å². The fraction of sp³-hybridized carbons (Fsp3) is 0.462. The Bertz CT molecular complexity index is 443. The number of piperazine rings is 1. The van der Waals surface area contributed by atoms with Gasteiger partial charge < -0.3 is 14.9 Å². The minimum Gasteiger partial charge on any atom is -0.478 e.